The summed E-state index contributed by atoms with van der Waals surface area (Å²) in [5.41, 5.74) is 0.689. The normalized spacial score (nSPS) is 14.6. The van der Waals surface area contributed by atoms with E-state index in [0.29, 0.717) is 18.0 Å². The second-order valence-electron chi connectivity index (χ2n) is 5.13. The van der Waals surface area contributed by atoms with Crippen LogP contribution in [0.5, 0.6) is 5.75 Å². The van der Waals surface area contributed by atoms with Crippen LogP contribution >= 0.6 is 0 Å². The highest BCUT2D eigenvalue weighted by molar-refractivity contribution is 5.28. The molecule has 0 aromatic carbocycles. The van der Waals surface area contributed by atoms with Gasteiger partial charge in [0.2, 0.25) is 0 Å². The summed E-state index contributed by atoms with van der Waals surface area (Å²) in [7, 11) is 7.22. The number of hydrogen-bond acceptors (Lipinski definition) is 5. The van der Waals surface area contributed by atoms with Gasteiger partial charge < -0.3 is 19.5 Å². The molecule has 0 fully saturated rings. The summed E-state index contributed by atoms with van der Waals surface area (Å²) in [6.07, 6.45) is 2.40. The molecule has 1 heterocycles. The van der Waals surface area contributed by atoms with E-state index < -0.39 is 6.10 Å². The van der Waals surface area contributed by atoms with E-state index >= 15 is 0 Å². The Morgan fingerprint density at radius 2 is 2.10 bits per heavy atom. The second kappa shape index (κ2) is 8.24. The Kier molecular flexibility index (Phi) is 6.98. The molecule has 1 rings (SSSR count). The summed E-state index contributed by atoms with van der Waals surface area (Å²) < 4.78 is 12.5. The van der Waals surface area contributed by atoms with Crippen molar-refractivity contribution in [1.29, 1.82) is 0 Å². The first-order chi connectivity index (χ1) is 9.54. The van der Waals surface area contributed by atoms with Crippen molar-refractivity contribution < 1.29 is 14.6 Å². The van der Waals surface area contributed by atoms with Crippen molar-refractivity contribution in [3.63, 3.8) is 0 Å². The van der Waals surface area contributed by atoms with Crippen LogP contribution < -0.4 is 4.74 Å². The average molecular weight is 285 g/mol. The number of nitrogens with zero attached hydrogens (tertiary/aromatic N) is 3. The molecular formula is C14H27N3O3. The van der Waals surface area contributed by atoms with Gasteiger partial charge in [0.15, 0.2) is 5.75 Å². The van der Waals surface area contributed by atoms with Gasteiger partial charge in [0.05, 0.1) is 26.0 Å². The van der Waals surface area contributed by atoms with Crippen molar-refractivity contribution in [2.24, 2.45) is 0 Å². The van der Waals surface area contributed by atoms with Gasteiger partial charge >= 0.3 is 0 Å². The minimum Gasteiger partial charge on any atom is -0.493 e. The van der Waals surface area contributed by atoms with E-state index in [9.17, 15) is 5.11 Å². The summed E-state index contributed by atoms with van der Waals surface area (Å²) in [5, 5.41) is 14.9. The van der Waals surface area contributed by atoms with Crippen molar-refractivity contribution in [2.75, 3.05) is 34.9 Å². The Morgan fingerprint density at radius 1 is 1.40 bits per heavy atom. The van der Waals surface area contributed by atoms with Crippen LogP contribution in [-0.4, -0.2) is 60.8 Å². The number of likely N-dealkylation sites (N-methyl/N-ethyl adjacent to an activating group) is 1. The fraction of sp³-hybridized carbons (Fsp3) is 0.786. The first-order valence-electron chi connectivity index (χ1n) is 7.00. The van der Waals surface area contributed by atoms with E-state index in [-0.39, 0.29) is 6.10 Å². The lowest BCUT2D eigenvalue weighted by molar-refractivity contribution is -0.0231. The SMILES string of the molecule is CCCC(OC)C(O)c1c(OC)cnn1CCN(C)C. The van der Waals surface area contributed by atoms with Gasteiger partial charge in [0.1, 0.15) is 11.8 Å². The number of aliphatic hydroxyl groups excluding tert-OH is 1. The van der Waals surface area contributed by atoms with E-state index in [0.717, 1.165) is 19.4 Å². The van der Waals surface area contributed by atoms with Crippen molar-refractivity contribution in [3.05, 3.63) is 11.9 Å². The van der Waals surface area contributed by atoms with Crippen LogP contribution in [0.3, 0.4) is 0 Å². The molecule has 0 saturated heterocycles. The van der Waals surface area contributed by atoms with Gasteiger partial charge in [0.25, 0.3) is 0 Å². The van der Waals surface area contributed by atoms with Crippen LogP contribution in [0.25, 0.3) is 0 Å². The molecule has 6 nitrogen and oxygen atoms in total. The van der Waals surface area contributed by atoms with Gasteiger partial charge in [-0.05, 0) is 20.5 Å². The molecular weight excluding hydrogens is 258 g/mol. The highest BCUT2D eigenvalue weighted by atomic mass is 16.5. The lowest BCUT2D eigenvalue weighted by Gasteiger charge is -2.23. The van der Waals surface area contributed by atoms with Gasteiger partial charge in [-0.15, -0.1) is 0 Å². The first kappa shape index (κ1) is 16.9. The van der Waals surface area contributed by atoms with E-state index in [4.69, 9.17) is 9.47 Å². The molecule has 0 aliphatic carbocycles. The van der Waals surface area contributed by atoms with Gasteiger partial charge in [-0.25, -0.2) is 0 Å². The number of ether oxygens (including phenoxy) is 2. The third kappa shape index (κ3) is 4.19. The highest BCUT2D eigenvalue weighted by Crippen LogP contribution is 2.29. The molecule has 0 saturated carbocycles. The summed E-state index contributed by atoms with van der Waals surface area (Å²) in [4.78, 5) is 2.07. The first-order valence-corrected chi connectivity index (χ1v) is 7.00. The molecule has 0 aliphatic heterocycles. The molecule has 0 radical (unpaired) electrons. The topological polar surface area (TPSA) is 59.8 Å². The zero-order valence-electron chi connectivity index (χ0n) is 13.2. The van der Waals surface area contributed by atoms with Crippen molar-refractivity contribution in [2.45, 2.75) is 38.5 Å². The Bertz CT molecular complexity index is 393. The maximum Gasteiger partial charge on any atom is 0.162 e. The van der Waals surface area contributed by atoms with E-state index in [1.165, 1.54) is 0 Å². The third-order valence-corrected chi connectivity index (χ3v) is 3.33. The minimum absolute atomic E-state index is 0.247. The fourth-order valence-corrected chi connectivity index (χ4v) is 2.17. The lowest BCUT2D eigenvalue weighted by atomic mass is 10.1. The summed E-state index contributed by atoms with van der Waals surface area (Å²) in [6, 6.07) is 0. The van der Waals surface area contributed by atoms with Crippen LogP contribution in [0.1, 0.15) is 31.6 Å². The van der Waals surface area contributed by atoms with Gasteiger partial charge in [-0.3, -0.25) is 4.68 Å². The maximum absolute atomic E-state index is 10.6. The molecule has 1 aromatic heterocycles. The molecule has 2 unspecified atom stereocenters. The van der Waals surface area contributed by atoms with Crippen LogP contribution in [0, 0.1) is 0 Å². The summed E-state index contributed by atoms with van der Waals surface area (Å²) in [6.45, 7) is 3.61. The Morgan fingerprint density at radius 3 is 2.60 bits per heavy atom. The Labute approximate surface area is 121 Å². The smallest absolute Gasteiger partial charge is 0.162 e. The lowest BCUT2D eigenvalue weighted by Crippen LogP contribution is -2.26. The van der Waals surface area contributed by atoms with Crippen molar-refractivity contribution in [3.8, 4) is 5.75 Å². The average Bonchev–Trinajstić information content (AvgIpc) is 2.84. The monoisotopic (exact) mass is 285 g/mol. The van der Waals surface area contributed by atoms with E-state index in [2.05, 4.69) is 16.9 Å². The van der Waals surface area contributed by atoms with E-state index in [1.54, 1.807) is 25.1 Å². The molecule has 2 atom stereocenters. The number of aromatic nitrogens is 2. The van der Waals surface area contributed by atoms with Gasteiger partial charge in [-0.1, -0.05) is 13.3 Å². The second-order valence-corrected chi connectivity index (χ2v) is 5.13. The van der Waals surface area contributed by atoms with Crippen molar-refractivity contribution >= 4 is 0 Å². The van der Waals surface area contributed by atoms with E-state index in [1.807, 2.05) is 14.1 Å². The molecule has 1 N–H and O–H groups in total. The largest absolute Gasteiger partial charge is 0.493 e. The zero-order valence-corrected chi connectivity index (χ0v) is 13.2. The van der Waals surface area contributed by atoms with Crippen LogP contribution in [0.4, 0.5) is 0 Å². The molecule has 0 spiro atoms. The van der Waals surface area contributed by atoms with Gasteiger partial charge in [-0.2, -0.15) is 5.10 Å². The number of aliphatic hydroxyl groups is 1. The minimum atomic E-state index is -0.737. The predicted molar refractivity (Wildman–Crippen MR) is 78.0 cm³/mol. The predicted octanol–water partition coefficient (Wildman–Crippen LogP) is 1.30. The number of rotatable bonds is 9. The van der Waals surface area contributed by atoms with Crippen LogP contribution in [0.15, 0.2) is 6.20 Å². The quantitative estimate of drug-likeness (QED) is 0.741. The molecule has 20 heavy (non-hydrogen) atoms. The fourth-order valence-electron chi connectivity index (χ4n) is 2.17. The summed E-state index contributed by atoms with van der Waals surface area (Å²) >= 11 is 0. The standard InChI is InChI=1S/C14H27N3O3/c1-6-7-11(19-4)14(18)13-12(20-5)10-15-17(13)9-8-16(2)3/h10-11,14,18H,6-9H2,1-5H3. The number of hydrogen-bond donors (Lipinski definition) is 1. The van der Waals surface area contributed by atoms with Crippen LogP contribution in [0.2, 0.25) is 0 Å². The molecule has 116 valence electrons. The molecule has 0 bridgehead atoms. The highest BCUT2D eigenvalue weighted by Gasteiger charge is 2.27. The van der Waals surface area contributed by atoms with Gasteiger partial charge in [0, 0.05) is 13.7 Å². The zero-order chi connectivity index (χ0) is 15.1. The maximum atomic E-state index is 10.6. The third-order valence-electron chi connectivity index (χ3n) is 3.33. The number of methoxy groups -OCH3 is 2. The molecule has 0 amide bonds. The van der Waals surface area contributed by atoms with Crippen molar-refractivity contribution in [1.82, 2.24) is 14.7 Å². The Balaban J connectivity index is 2.96. The summed E-state index contributed by atoms with van der Waals surface area (Å²) in [5.74, 6) is 0.606. The van der Waals surface area contributed by atoms with Crippen LogP contribution in [-0.2, 0) is 11.3 Å². The molecule has 1 aromatic rings. The molecule has 6 heteroatoms. The Hall–Kier alpha value is -1.11. The molecule has 0 aliphatic rings.